The predicted octanol–water partition coefficient (Wildman–Crippen LogP) is 5.11. The first-order valence-electron chi connectivity index (χ1n) is 8.05. The van der Waals surface area contributed by atoms with Crippen LogP contribution in [0.4, 0.5) is 5.69 Å². The van der Waals surface area contributed by atoms with Gasteiger partial charge in [0.15, 0.2) is 0 Å². The number of benzene rings is 1. The van der Waals surface area contributed by atoms with Crippen molar-refractivity contribution in [3.8, 4) is 0 Å². The molecule has 1 N–H and O–H groups in total. The fraction of sp³-hybridized carbons (Fsp3) is 0.611. The molecule has 1 aromatic rings. The molecular formula is C18H27NO. The Hall–Kier alpha value is -1.31. The van der Waals surface area contributed by atoms with E-state index in [2.05, 4.69) is 31.3 Å². The zero-order valence-electron chi connectivity index (χ0n) is 12.8. The van der Waals surface area contributed by atoms with E-state index in [0.717, 1.165) is 18.0 Å². The van der Waals surface area contributed by atoms with Gasteiger partial charge in [-0.25, -0.2) is 0 Å². The SMILES string of the molecule is CC(C)c1ccc(NC(=O)CCC2CCCCC2)cc1. The van der Waals surface area contributed by atoms with Crippen LogP contribution in [-0.4, -0.2) is 5.91 Å². The van der Waals surface area contributed by atoms with Gasteiger partial charge in [0.05, 0.1) is 0 Å². The highest BCUT2D eigenvalue weighted by Crippen LogP contribution is 2.27. The first-order chi connectivity index (χ1) is 9.65. The van der Waals surface area contributed by atoms with Crippen molar-refractivity contribution >= 4 is 11.6 Å². The third-order valence-electron chi connectivity index (χ3n) is 4.37. The molecule has 2 rings (SSSR count). The summed E-state index contributed by atoms with van der Waals surface area (Å²) in [5, 5.41) is 3.01. The second-order valence-electron chi connectivity index (χ2n) is 6.37. The van der Waals surface area contributed by atoms with Gasteiger partial charge in [-0.05, 0) is 36.0 Å². The van der Waals surface area contributed by atoms with Crippen LogP contribution in [0.2, 0.25) is 0 Å². The summed E-state index contributed by atoms with van der Waals surface area (Å²) in [6.07, 6.45) is 8.43. The Morgan fingerprint density at radius 3 is 2.40 bits per heavy atom. The molecule has 1 saturated carbocycles. The van der Waals surface area contributed by atoms with Crippen molar-refractivity contribution in [3.05, 3.63) is 29.8 Å². The highest BCUT2D eigenvalue weighted by atomic mass is 16.1. The number of hydrogen-bond acceptors (Lipinski definition) is 1. The lowest BCUT2D eigenvalue weighted by molar-refractivity contribution is -0.116. The first kappa shape index (κ1) is 15.1. The van der Waals surface area contributed by atoms with E-state index < -0.39 is 0 Å². The van der Waals surface area contributed by atoms with Crippen LogP contribution in [0.25, 0.3) is 0 Å². The summed E-state index contributed by atoms with van der Waals surface area (Å²) in [5.74, 6) is 1.47. The van der Waals surface area contributed by atoms with Crippen molar-refractivity contribution in [1.29, 1.82) is 0 Å². The number of anilines is 1. The summed E-state index contributed by atoms with van der Waals surface area (Å²) in [5.41, 5.74) is 2.23. The Balaban J connectivity index is 1.75. The minimum atomic E-state index is 0.160. The zero-order valence-corrected chi connectivity index (χ0v) is 12.8. The van der Waals surface area contributed by atoms with Gasteiger partial charge in [-0.1, -0.05) is 58.1 Å². The third kappa shape index (κ3) is 4.66. The van der Waals surface area contributed by atoms with Crippen molar-refractivity contribution in [3.63, 3.8) is 0 Å². The van der Waals surface area contributed by atoms with Crippen LogP contribution in [0, 0.1) is 5.92 Å². The Labute approximate surface area is 123 Å². The van der Waals surface area contributed by atoms with Gasteiger partial charge in [0.2, 0.25) is 5.91 Å². The Kier molecular flexibility index (Phi) is 5.63. The molecule has 0 atom stereocenters. The van der Waals surface area contributed by atoms with E-state index in [1.165, 1.54) is 37.7 Å². The first-order valence-corrected chi connectivity index (χ1v) is 8.05. The molecule has 0 saturated heterocycles. The van der Waals surface area contributed by atoms with Gasteiger partial charge < -0.3 is 5.32 Å². The molecule has 0 unspecified atom stereocenters. The molecule has 1 aromatic carbocycles. The summed E-state index contributed by atoms with van der Waals surface area (Å²) < 4.78 is 0. The van der Waals surface area contributed by atoms with Crippen molar-refractivity contribution in [2.24, 2.45) is 5.92 Å². The van der Waals surface area contributed by atoms with Crippen LogP contribution >= 0.6 is 0 Å². The third-order valence-corrected chi connectivity index (χ3v) is 4.37. The van der Waals surface area contributed by atoms with Gasteiger partial charge in [-0.3, -0.25) is 4.79 Å². The normalized spacial score (nSPS) is 16.4. The average Bonchev–Trinajstić information content (AvgIpc) is 2.47. The maximum Gasteiger partial charge on any atom is 0.224 e. The van der Waals surface area contributed by atoms with Crippen LogP contribution in [0.15, 0.2) is 24.3 Å². The van der Waals surface area contributed by atoms with E-state index in [-0.39, 0.29) is 5.91 Å². The van der Waals surface area contributed by atoms with E-state index in [0.29, 0.717) is 12.3 Å². The highest BCUT2D eigenvalue weighted by Gasteiger charge is 2.14. The minimum absolute atomic E-state index is 0.160. The topological polar surface area (TPSA) is 29.1 Å². The van der Waals surface area contributed by atoms with E-state index >= 15 is 0 Å². The number of carbonyl (C=O) groups excluding carboxylic acids is 1. The molecule has 1 aliphatic carbocycles. The summed E-state index contributed by atoms with van der Waals surface area (Å²) in [7, 11) is 0. The molecular weight excluding hydrogens is 246 g/mol. The molecule has 20 heavy (non-hydrogen) atoms. The maximum atomic E-state index is 12.0. The van der Waals surface area contributed by atoms with Crippen LogP contribution in [0.5, 0.6) is 0 Å². The molecule has 1 fully saturated rings. The monoisotopic (exact) mass is 273 g/mol. The van der Waals surface area contributed by atoms with Gasteiger partial charge in [-0.15, -0.1) is 0 Å². The van der Waals surface area contributed by atoms with Gasteiger partial charge in [-0.2, -0.15) is 0 Å². The lowest BCUT2D eigenvalue weighted by Gasteiger charge is -2.21. The van der Waals surface area contributed by atoms with Crippen molar-refractivity contribution < 1.29 is 4.79 Å². The molecule has 0 spiro atoms. The zero-order chi connectivity index (χ0) is 14.4. The van der Waals surface area contributed by atoms with E-state index in [1.54, 1.807) is 0 Å². The van der Waals surface area contributed by atoms with Crippen molar-refractivity contribution in [1.82, 2.24) is 0 Å². The number of nitrogens with one attached hydrogen (secondary N) is 1. The van der Waals surface area contributed by atoms with Crippen LogP contribution in [-0.2, 0) is 4.79 Å². The van der Waals surface area contributed by atoms with Gasteiger partial charge in [0.25, 0.3) is 0 Å². The van der Waals surface area contributed by atoms with Crippen molar-refractivity contribution in [2.75, 3.05) is 5.32 Å². The molecule has 110 valence electrons. The number of hydrogen-bond donors (Lipinski definition) is 1. The second kappa shape index (κ2) is 7.47. The van der Waals surface area contributed by atoms with Crippen LogP contribution in [0.1, 0.15) is 70.3 Å². The average molecular weight is 273 g/mol. The Morgan fingerprint density at radius 1 is 1.15 bits per heavy atom. The summed E-state index contributed by atoms with van der Waals surface area (Å²) in [4.78, 5) is 12.0. The van der Waals surface area contributed by atoms with E-state index in [1.807, 2.05) is 12.1 Å². The Morgan fingerprint density at radius 2 is 1.80 bits per heavy atom. The van der Waals surface area contributed by atoms with Crippen LogP contribution < -0.4 is 5.32 Å². The number of rotatable bonds is 5. The van der Waals surface area contributed by atoms with Crippen LogP contribution in [0.3, 0.4) is 0 Å². The fourth-order valence-corrected chi connectivity index (χ4v) is 2.99. The van der Waals surface area contributed by atoms with Gasteiger partial charge in [0, 0.05) is 12.1 Å². The molecule has 1 aliphatic rings. The minimum Gasteiger partial charge on any atom is -0.326 e. The Bertz CT molecular complexity index is 416. The summed E-state index contributed by atoms with van der Waals surface area (Å²) in [6, 6.07) is 8.21. The molecule has 1 amide bonds. The summed E-state index contributed by atoms with van der Waals surface area (Å²) in [6.45, 7) is 4.36. The number of amides is 1. The molecule has 0 aliphatic heterocycles. The molecule has 0 aromatic heterocycles. The fourth-order valence-electron chi connectivity index (χ4n) is 2.99. The van der Waals surface area contributed by atoms with Gasteiger partial charge in [0.1, 0.15) is 0 Å². The number of carbonyl (C=O) groups is 1. The highest BCUT2D eigenvalue weighted by molar-refractivity contribution is 5.90. The lowest BCUT2D eigenvalue weighted by Crippen LogP contribution is -2.14. The smallest absolute Gasteiger partial charge is 0.224 e. The second-order valence-corrected chi connectivity index (χ2v) is 6.37. The summed E-state index contributed by atoms with van der Waals surface area (Å²) >= 11 is 0. The standard InChI is InChI=1S/C18H27NO/c1-14(2)16-9-11-17(12-10-16)19-18(20)13-8-15-6-4-3-5-7-15/h9-12,14-15H,3-8,13H2,1-2H3,(H,19,20). The van der Waals surface area contributed by atoms with E-state index in [9.17, 15) is 4.79 Å². The predicted molar refractivity (Wildman–Crippen MR) is 85.0 cm³/mol. The molecule has 2 nitrogen and oxygen atoms in total. The lowest BCUT2D eigenvalue weighted by atomic mass is 9.86. The molecule has 2 heteroatoms. The molecule has 0 heterocycles. The largest absolute Gasteiger partial charge is 0.326 e. The van der Waals surface area contributed by atoms with E-state index in [4.69, 9.17) is 0 Å². The van der Waals surface area contributed by atoms with Crippen molar-refractivity contribution in [2.45, 2.75) is 64.7 Å². The maximum absolute atomic E-state index is 12.0. The quantitative estimate of drug-likeness (QED) is 0.793. The molecule has 0 radical (unpaired) electrons. The molecule has 0 bridgehead atoms. The van der Waals surface area contributed by atoms with Gasteiger partial charge >= 0.3 is 0 Å².